The minimum Gasteiger partial charge on any atom is -0.323 e. The van der Waals surface area contributed by atoms with Gasteiger partial charge >= 0.3 is 0 Å². The second-order valence-corrected chi connectivity index (χ2v) is 9.16. The molecule has 0 radical (unpaired) electrons. The molecule has 1 N–H and O–H groups in total. The van der Waals surface area contributed by atoms with Crippen LogP contribution in [0.15, 0.2) is 120 Å². The van der Waals surface area contributed by atoms with Crippen LogP contribution in [0.1, 0.15) is 22.3 Å². The predicted octanol–water partition coefficient (Wildman–Crippen LogP) is 5.84. The zero-order valence-electron chi connectivity index (χ0n) is 19.9. The quantitative estimate of drug-likeness (QED) is 0.377. The molecular formula is C31H29N3O. The van der Waals surface area contributed by atoms with Crippen LogP contribution in [0, 0.1) is 6.92 Å². The van der Waals surface area contributed by atoms with Crippen molar-refractivity contribution < 1.29 is 4.79 Å². The summed E-state index contributed by atoms with van der Waals surface area (Å²) in [5.41, 5.74) is 4.51. The topological polar surface area (TPSA) is 44.7 Å². The molecule has 1 heterocycles. The summed E-state index contributed by atoms with van der Waals surface area (Å²) >= 11 is 0. The molecule has 1 saturated heterocycles. The molecule has 0 aliphatic carbocycles. The number of amides is 1. The molecule has 1 fully saturated rings. The van der Waals surface area contributed by atoms with Gasteiger partial charge in [0.2, 0.25) is 5.96 Å². The second kappa shape index (κ2) is 9.98. The van der Waals surface area contributed by atoms with Gasteiger partial charge in [0.15, 0.2) is 0 Å². The summed E-state index contributed by atoms with van der Waals surface area (Å²) in [6, 6.07) is 38.8. The summed E-state index contributed by atoms with van der Waals surface area (Å²) in [5, 5.41) is 3.16. The molecule has 0 spiro atoms. The number of hydrogen-bond donors (Lipinski definition) is 1. The standard InChI is InChI=1S/C31H29N3O/c1-24-12-11-19-28(20-24)32-30-33-29(35)31(21-25-13-5-2-6-14-25,22-26-15-7-3-8-16-26)34(30)23-27-17-9-4-10-18-27/h2-20H,21-23H2,1H3,(H,32,33,35). The number of nitrogens with one attached hydrogen (secondary N) is 1. The molecule has 5 rings (SSSR count). The average molecular weight is 460 g/mol. The van der Waals surface area contributed by atoms with Crippen LogP contribution in [0.4, 0.5) is 5.69 Å². The minimum atomic E-state index is -0.818. The van der Waals surface area contributed by atoms with Gasteiger partial charge in [-0.1, -0.05) is 103 Å². The zero-order chi connectivity index (χ0) is 24.1. The van der Waals surface area contributed by atoms with Crippen LogP contribution in [-0.4, -0.2) is 22.3 Å². The molecule has 1 aliphatic rings. The lowest BCUT2D eigenvalue weighted by molar-refractivity contribution is -0.126. The highest BCUT2D eigenvalue weighted by molar-refractivity contribution is 6.10. The Hall–Kier alpha value is -4.18. The average Bonchev–Trinajstić information content (AvgIpc) is 3.11. The van der Waals surface area contributed by atoms with E-state index in [9.17, 15) is 4.79 Å². The first kappa shape index (κ1) is 22.6. The molecule has 0 saturated carbocycles. The monoisotopic (exact) mass is 459 g/mol. The van der Waals surface area contributed by atoms with Gasteiger partial charge in [-0.2, -0.15) is 0 Å². The number of nitrogens with zero attached hydrogens (tertiary/aromatic N) is 2. The number of carbonyl (C=O) groups excluding carboxylic acids is 1. The third-order valence-corrected chi connectivity index (χ3v) is 6.52. The molecular weight excluding hydrogens is 430 g/mol. The zero-order valence-corrected chi connectivity index (χ0v) is 19.9. The number of aryl methyl sites for hydroxylation is 1. The number of aliphatic imine (C=N–C) groups is 1. The van der Waals surface area contributed by atoms with Crippen molar-refractivity contribution in [3.8, 4) is 0 Å². The summed E-state index contributed by atoms with van der Waals surface area (Å²) in [6.45, 7) is 2.62. The second-order valence-electron chi connectivity index (χ2n) is 9.16. The summed E-state index contributed by atoms with van der Waals surface area (Å²) < 4.78 is 0. The SMILES string of the molecule is Cc1cccc(N=C2NC(=O)C(Cc3ccccc3)(Cc3ccccc3)N2Cc2ccccc2)c1. The van der Waals surface area contributed by atoms with E-state index >= 15 is 0 Å². The van der Waals surface area contributed by atoms with Crippen LogP contribution in [0.25, 0.3) is 0 Å². The van der Waals surface area contributed by atoms with Crippen molar-refractivity contribution >= 4 is 17.6 Å². The Morgan fingerprint density at radius 2 is 1.26 bits per heavy atom. The van der Waals surface area contributed by atoms with Gasteiger partial charge in [-0.3, -0.25) is 10.1 Å². The van der Waals surface area contributed by atoms with Crippen LogP contribution >= 0.6 is 0 Å². The number of benzene rings is 4. The fraction of sp³-hybridized carbons (Fsp3) is 0.161. The predicted molar refractivity (Wildman–Crippen MR) is 141 cm³/mol. The molecule has 4 nitrogen and oxygen atoms in total. The number of guanidine groups is 1. The first-order valence-corrected chi connectivity index (χ1v) is 12.0. The Kier molecular flexibility index (Phi) is 6.44. The van der Waals surface area contributed by atoms with E-state index < -0.39 is 5.54 Å². The molecule has 4 heteroatoms. The van der Waals surface area contributed by atoms with Crippen LogP contribution in [-0.2, 0) is 24.2 Å². The Balaban J connectivity index is 1.64. The molecule has 1 amide bonds. The molecule has 4 aromatic carbocycles. The van der Waals surface area contributed by atoms with E-state index in [1.165, 1.54) is 0 Å². The minimum absolute atomic E-state index is 0.0208. The van der Waals surface area contributed by atoms with Crippen molar-refractivity contribution in [1.82, 2.24) is 10.2 Å². The van der Waals surface area contributed by atoms with Gasteiger partial charge in [0.25, 0.3) is 5.91 Å². The third-order valence-electron chi connectivity index (χ3n) is 6.52. The highest BCUT2D eigenvalue weighted by atomic mass is 16.2. The molecule has 4 aromatic rings. The van der Waals surface area contributed by atoms with E-state index in [-0.39, 0.29) is 5.91 Å². The van der Waals surface area contributed by atoms with Crippen LogP contribution in [0.5, 0.6) is 0 Å². The van der Waals surface area contributed by atoms with E-state index in [0.717, 1.165) is 27.9 Å². The van der Waals surface area contributed by atoms with Crippen LogP contribution in [0.2, 0.25) is 0 Å². The van der Waals surface area contributed by atoms with Gasteiger partial charge in [0.05, 0.1) is 5.69 Å². The number of carbonyl (C=O) groups is 1. The Morgan fingerprint density at radius 3 is 1.80 bits per heavy atom. The smallest absolute Gasteiger partial charge is 0.253 e. The Morgan fingerprint density at radius 1 is 0.714 bits per heavy atom. The first-order chi connectivity index (χ1) is 17.1. The maximum Gasteiger partial charge on any atom is 0.253 e. The summed E-state index contributed by atoms with van der Waals surface area (Å²) in [4.78, 5) is 21.0. The fourth-order valence-corrected chi connectivity index (χ4v) is 4.79. The highest BCUT2D eigenvalue weighted by Crippen LogP contribution is 2.33. The van der Waals surface area contributed by atoms with Crippen molar-refractivity contribution in [3.05, 3.63) is 138 Å². The summed E-state index contributed by atoms with van der Waals surface area (Å²) in [7, 11) is 0. The third kappa shape index (κ3) is 5.02. The van der Waals surface area contributed by atoms with Crippen LogP contribution < -0.4 is 5.32 Å². The molecule has 0 bridgehead atoms. The van der Waals surface area contributed by atoms with Gasteiger partial charge in [-0.25, -0.2) is 4.99 Å². The molecule has 1 aliphatic heterocycles. The highest BCUT2D eigenvalue weighted by Gasteiger charge is 2.51. The van der Waals surface area contributed by atoms with Gasteiger partial charge < -0.3 is 4.90 Å². The number of rotatable bonds is 7. The van der Waals surface area contributed by atoms with Crippen molar-refractivity contribution in [2.75, 3.05) is 0 Å². The van der Waals surface area contributed by atoms with E-state index in [1.807, 2.05) is 85.8 Å². The summed E-state index contributed by atoms with van der Waals surface area (Å²) in [6.07, 6.45) is 1.16. The van der Waals surface area contributed by atoms with E-state index in [0.29, 0.717) is 25.3 Å². The van der Waals surface area contributed by atoms with Crippen molar-refractivity contribution in [3.63, 3.8) is 0 Å². The lowest BCUT2D eigenvalue weighted by Crippen LogP contribution is -2.53. The molecule has 0 aromatic heterocycles. The van der Waals surface area contributed by atoms with Gasteiger partial charge in [0, 0.05) is 19.4 Å². The van der Waals surface area contributed by atoms with Gasteiger partial charge in [0.1, 0.15) is 5.54 Å². The summed E-state index contributed by atoms with van der Waals surface area (Å²) in [5.74, 6) is 0.573. The van der Waals surface area contributed by atoms with Gasteiger partial charge in [-0.15, -0.1) is 0 Å². The van der Waals surface area contributed by atoms with Crippen molar-refractivity contribution in [1.29, 1.82) is 0 Å². The van der Waals surface area contributed by atoms with Crippen LogP contribution in [0.3, 0.4) is 0 Å². The first-order valence-electron chi connectivity index (χ1n) is 12.0. The number of hydrogen-bond acceptors (Lipinski definition) is 2. The van der Waals surface area contributed by atoms with E-state index in [1.54, 1.807) is 0 Å². The van der Waals surface area contributed by atoms with E-state index in [2.05, 4.69) is 46.6 Å². The largest absolute Gasteiger partial charge is 0.323 e. The lowest BCUT2D eigenvalue weighted by Gasteiger charge is -2.37. The fourth-order valence-electron chi connectivity index (χ4n) is 4.79. The maximum atomic E-state index is 13.9. The Bertz CT molecular complexity index is 1280. The van der Waals surface area contributed by atoms with E-state index in [4.69, 9.17) is 4.99 Å². The molecule has 0 unspecified atom stereocenters. The Labute approximate surface area is 207 Å². The van der Waals surface area contributed by atoms with Gasteiger partial charge in [-0.05, 0) is 41.3 Å². The normalized spacial score (nSPS) is 15.9. The maximum absolute atomic E-state index is 13.9. The van der Waals surface area contributed by atoms with Crippen molar-refractivity contribution in [2.45, 2.75) is 31.8 Å². The lowest BCUT2D eigenvalue weighted by atomic mass is 9.83. The molecule has 0 atom stereocenters. The molecule has 35 heavy (non-hydrogen) atoms. The van der Waals surface area contributed by atoms with Crippen molar-refractivity contribution in [2.24, 2.45) is 4.99 Å². The molecule has 174 valence electrons.